The second-order valence-electron chi connectivity index (χ2n) is 5.91. The summed E-state index contributed by atoms with van der Waals surface area (Å²) < 4.78 is 1.81. The third kappa shape index (κ3) is 4.34. The second kappa shape index (κ2) is 7.63. The van der Waals surface area contributed by atoms with E-state index in [0.717, 1.165) is 16.9 Å². The zero-order valence-corrected chi connectivity index (χ0v) is 15.1. The van der Waals surface area contributed by atoms with Crippen LogP contribution in [-0.4, -0.2) is 44.5 Å². The number of nitrogens with one attached hydrogen (secondary N) is 2. The maximum absolute atomic E-state index is 11.6. The number of rotatable bonds is 7. The Morgan fingerprint density at radius 1 is 1.30 bits per heavy atom. The highest BCUT2D eigenvalue weighted by Gasteiger charge is 2.14. The van der Waals surface area contributed by atoms with Gasteiger partial charge in [-0.25, -0.2) is 14.6 Å². The molecule has 0 bridgehead atoms. The fourth-order valence-electron chi connectivity index (χ4n) is 2.06. The quantitative estimate of drug-likeness (QED) is 0.595. The van der Waals surface area contributed by atoms with Gasteiger partial charge in [-0.05, 0) is 20.1 Å². The van der Waals surface area contributed by atoms with Gasteiger partial charge in [-0.2, -0.15) is 5.10 Å². The molecule has 0 unspecified atom stereocenters. The molecule has 0 saturated heterocycles. The Hall–Kier alpha value is -1.83. The van der Waals surface area contributed by atoms with Crippen LogP contribution in [0.1, 0.15) is 27.7 Å². The van der Waals surface area contributed by atoms with Gasteiger partial charge < -0.3 is 10.6 Å². The average molecular weight is 336 g/mol. The minimum Gasteiger partial charge on any atom is -0.367 e. The molecule has 7 nitrogen and oxygen atoms in total. The van der Waals surface area contributed by atoms with E-state index < -0.39 is 0 Å². The molecule has 0 spiro atoms. The zero-order valence-electron chi connectivity index (χ0n) is 14.3. The van der Waals surface area contributed by atoms with Gasteiger partial charge in [-0.15, -0.1) is 0 Å². The van der Waals surface area contributed by atoms with Crippen molar-refractivity contribution in [3.8, 4) is 0 Å². The Bertz CT molecular complexity index is 682. The van der Waals surface area contributed by atoms with E-state index in [2.05, 4.69) is 39.5 Å². The minimum absolute atomic E-state index is 0.0170. The number of carbonyl (C=O) groups excluding carboxylic acids is 1. The van der Waals surface area contributed by atoms with E-state index in [1.165, 1.54) is 11.8 Å². The molecule has 126 valence electrons. The SMILES string of the molecule is CSc1nc(NC(C)C)c2cnn(CCNC(=O)C(C)C)c2n1. The van der Waals surface area contributed by atoms with E-state index in [9.17, 15) is 4.79 Å². The summed E-state index contributed by atoms with van der Waals surface area (Å²) in [4.78, 5) is 20.7. The van der Waals surface area contributed by atoms with Crippen molar-refractivity contribution in [2.45, 2.75) is 45.4 Å². The Morgan fingerprint density at radius 2 is 2.04 bits per heavy atom. The van der Waals surface area contributed by atoms with Crippen LogP contribution in [0.5, 0.6) is 0 Å². The number of nitrogens with zero attached hydrogens (tertiary/aromatic N) is 4. The summed E-state index contributed by atoms with van der Waals surface area (Å²) in [6.07, 6.45) is 3.72. The summed E-state index contributed by atoms with van der Waals surface area (Å²) in [7, 11) is 0. The first kappa shape index (κ1) is 17.5. The van der Waals surface area contributed by atoms with E-state index in [-0.39, 0.29) is 17.9 Å². The van der Waals surface area contributed by atoms with Crippen LogP contribution >= 0.6 is 11.8 Å². The monoisotopic (exact) mass is 336 g/mol. The molecule has 0 atom stereocenters. The molecule has 0 saturated carbocycles. The molecule has 2 N–H and O–H groups in total. The summed E-state index contributed by atoms with van der Waals surface area (Å²) in [6.45, 7) is 8.99. The van der Waals surface area contributed by atoms with Gasteiger partial charge in [0, 0.05) is 18.5 Å². The molecule has 1 amide bonds. The lowest BCUT2D eigenvalue weighted by molar-refractivity contribution is -0.124. The Morgan fingerprint density at radius 3 is 2.65 bits per heavy atom. The molecule has 0 aliphatic carbocycles. The lowest BCUT2D eigenvalue weighted by Crippen LogP contribution is -2.30. The van der Waals surface area contributed by atoms with Crippen molar-refractivity contribution in [3.63, 3.8) is 0 Å². The normalized spacial score (nSPS) is 11.4. The second-order valence-corrected chi connectivity index (χ2v) is 6.68. The Balaban J connectivity index is 2.23. The van der Waals surface area contributed by atoms with Gasteiger partial charge in [0.1, 0.15) is 5.82 Å². The molecule has 0 aliphatic heterocycles. The predicted octanol–water partition coefficient (Wildman–Crippen LogP) is 2.14. The fourth-order valence-corrected chi connectivity index (χ4v) is 2.42. The highest BCUT2D eigenvalue weighted by atomic mass is 32.2. The van der Waals surface area contributed by atoms with E-state index in [1.807, 2.05) is 24.8 Å². The Kier molecular flexibility index (Phi) is 5.81. The average Bonchev–Trinajstić information content (AvgIpc) is 2.89. The third-order valence-corrected chi connectivity index (χ3v) is 3.78. The predicted molar refractivity (Wildman–Crippen MR) is 93.7 cm³/mol. The zero-order chi connectivity index (χ0) is 17.0. The first-order valence-electron chi connectivity index (χ1n) is 7.74. The van der Waals surface area contributed by atoms with Crippen molar-refractivity contribution in [2.24, 2.45) is 5.92 Å². The van der Waals surface area contributed by atoms with E-state index in [0.29, 0.717) is 18.2 Å². The number of carbonyl (C=O) groups is 1. The smallest absolute Gasteiger partial charge is 0.222 e. The first-order chi connectivity index (χ1) is 10.9. The first-order valence-corrected chi connectivity index (χ1v) is 8.96. The van der Waals surface area contributed by atoms with Crippen molar-refractivity contribution in [3.05, 3.63) is 6.20 Å². The molecule has 2 heterocycles. The van der Waals surface area contributed by atoms with Gasteiger partial charge in [-0.3, -0.25) is 4.79 Å². The molecule has 2 rings (SSSR count). The van der Waals surface area contributed by atoms with E-state index in [4.69, 9.17) is 0 Å². The molecule has 0 fully saturated rings. The third-order valence-electron chi connectivity index (χ3n) is 3.23. The molecule has 0 aliphatic rings. The van der Waals surface area contributed by atoms with E-state index >= 15 is 0 Å². The van der Waals surface area contributed by atoms with Crippen molar-refractivity contribution in [2.75, 3.05) is 18.1 Å². The Labute approximate surface area is 140 Å². The highest BCUT2D eigenvalue weighted by molar-refractivity contribution is 7.98. The maximum atomic E-state index is 11.6. The van der Waals surface area contributed by atoms with Crippen LogP contribution in [0.4, 0.5) is 5.82 Å². The number of anilines is 1. The lowest BCUT2D eigenvalue weighted by atomic mass is 10.2. The van der Waals surface area contributed by atoms with Gasteiger partial charge in [0.15, 0.2) is 10.8 Å². The highest BCUT2D eigenvalue weighted by Crippen LogP contribution is 2.23. The number of thioether (sulfide) groups is 1. The van der Waals surface area contributed by atoms with Crippen molar-refractivity contribution in [1.82, 2.24) is 25.1 Å². The summed E-state index contributed by atoms with van der Waals surface area (Å²) in [5.41, 5.74) is 0.784. The van der Waals surface area contributed by atoms with Crippen LogP contribution in [0.2, 0.25) is 0 Å². The number of aromatic nitrogens is 4. The molecule has 0 radical (unpaired) electrons. The standard InChI is InChI=1S/C15H24N6OS/c1-9(2)14(22)16-6-7-21-13-11(8-17-21)12(18-10(3)4)19-15(20-13)23-5/h8-10H,6-7H2,1-5H3,(H,16,22)(H,18,19,20). The van der Waals surface area contributed by atoms with Crippen LogP contribution in [0, 0.1) is 5.92 Å². The molecule has 23 heavy (non-hydrogen) atoms. The topological polar surface area (TPSA) is 84.7 Å². The molecular formula is C15H24N6OS. The summed E-state index contributed by atoms with van der Waals surface area (Å²) in [5, 5.41) is 12.2. The number of amides is 1. The number of fused-ring (bicyclic) bond motifs is 1. The summed E-state index contributed by atoms with van der Waals surface area (Å²) >= 11 is 1.50. The maximum Gasteiger partial charge on any atom is 0.222 e. The van der Waals surface area contributed by atoms with Crippen LogP contribution in [0.3, 0.4) is 0 Å². The van der Waals surface area contributed by atoms with Crippen LogP contribution in [-0.2, 0) is 11.3 Å². The molecule has 2 aromatic rings. The van der Waals surface area contributed by atoms with E-state index in [1.54, 1.807) is 6.20 Å². The lowest BCUT2D eigenvalue weighted by Gasteiger charge is -2.11. The van der Waals surface area contributed by atoms with Crippen molar-refractivity contribution in [1.29, 1.82) is 0 Å². The van der Waals surface area contributed by atoms with Gasteiger partial charge in [0.05, 0.1) is 18.1 Å². The number of hydrogen-bond acceptors (Lipinski definition) is 6. The van der Waals surface area contributed by atoms with Gasteiger partial charge in [-0.1, -0.05) is 25.6 Å². The number of hydrogen-bond donors (Lipinski definition) is 2. The van der Waals surface area contributed by atoms with Crippen LogP contribution < -0.4 is 10.6 Å². The molecule has 0 aromatic carbocycles. The molecule has 2 aromatic heterocycles. The molecular weight excluding hydrogens is 312 g/mol. The summed E-state index contributed by atoms with van der Waals surface area (Å²) in [5.74, 6) is 0.825. The van der Waals surface area contributed by atoms with Gasteiger partial charge in [0.25, 0.3) is 0 Å². The molecule has 8 heteroatoms. The largest absolute Gasteiger partial charge is 0.367 e. The van der Waals surface area contributed by atoms with Crippen molar-refractivity contribution >= 4 is 34.5 Å². The van der Waals surface area contributed by atoms with Crippen LogP contribution in [0.25, 0.3) is 11.0 Å². The van der Waals surface area contributed by atoms with Gasteiger partial charge in [0.2, 0.25) is 5.91 Å². The minimum atomic E-state index is -0.0170. The van der Waals surface area contributed by atoms with Crippen LogP contribution in [0.15, 0.2) is 11.4 Å². The summed E-state index contributed by atoms with van der Waals surface area (Å²) in [6, 6.07) is 0.275. The fraction of sp³-hybridized carbons (Fsp3) is 0.600. The van der Waals surface area contributed by atoms with Gasteiger partial charge >= 0.3 is 0 Å². The van der Waals surface area contributed by atoms with Crippen molar-refractivity contribution < 1.29 is 4.79 Å².